The molecule has 0 aliphatic carbocycles. The van der Waals surface area contributed by atoms with Crippen molar-refractivity contribution < 1.29 is 0 Å². The van der Waals surface area contributed by atoms with E-state index in [1.165, 1.54) is 0 Å². The maximum Gasteiger partial charge on any atom is 0.0998 e. The summed E-state index contributed by atoms with van der Waals surface area (Å²) >= 11 is 0. The Bertz CT molecular complexity index is 1910. The lowest BCUT2D eigenvalue weighted by Gasteiger charge is -2.03. The summed E-state index contributed by atoms with van der Waals surface area (Å²) < 4.78 is 0. The molecule has 0 saturated carbocycles. The van der Waals surface area contributed by atoms with Crippen molar-refractivity contribution in [2.24, 2.45) is 0 Å². The quantitative estimate of drug-likeness (QED) is 0.303. The van der Waals surface area contributed by atoms with E-state index in [0.717, 1.165) is 32.3 Å². The smallest absolute Gasteiger partial charge is 0.0998 e. The number of rotatable bonds is 0. The van der Waals surface area contributed by atoms with Gasteiger partial charge in [0.25, 0.3) is 0 Å². The lowest BCUT2D eigenvalue weighted by molar-refractivity contribution is 1.46. The number of hydrogen-bond donors (Lipinski definition) is 0. The van der Waals surface area contributed by atoms with Crippen LogP contribution in [0.25, 0.3) is 65.2 Å². The molecule has 0 unspecified atom stereocenters. The number of fused-ring (bicyclic) bond motifs is 6. The molecule has 7 rings (SSSR count). The SMILES string of the molecule is N#Cc1ccc2c3nc4c5ccc(C#N)c6c(C#N)ccc(c4nc3c3ccc(C#N)c1c23)c65. The Labute approximate surface area is 191 Å². The first kappa shape index (κ1) is 18.1. The first-order chi connectivity index (χ1) is 16.7. The molecule has 0 atom stereocenters. The molecular formula is C28H8N6. The molecule has 0 spiro atoms. The van der Waals surface area contributed by atoms with Crippen LogP contribution >= 0.6 is 0 Å². The van der Waals surface area contributed by atoms with E-state index in [9.17, 15) is 21.0 Å². The van der Waals surface area contributed by atoms with Gasteiger partial charge in [-0.15, -0.1) is 0 Å². The van der Waals surface area contributed by atoms with Crippen LogP contribution in [0, 0.1) is 45.3 Å². The van der Waals surface area contributed by atoms with Crippen LogP contribution in [0.15, 0.2) is 48.5 Å². The molecule has 150 valence electrons. The van der Waals surface area contributed by atoms with Gasteiger partial charge in [0, 0.05) is 43.1 Å². The monoisotopic (exact) mass is 428 g/mol. The van der Waals surface area contributed by atoms with Crippen molar-refractivity contribution in [1.29, 1.82) is 21.0 Å². The third-order valence-corrected chi connectivity index (χ3v) is 6.72. The molecule has 6 nitrogen and oxygen atoms in total. The topological polar surface area (TPSA) is 121 Å². The number of nitrogens with zero attached hydrogens (tertiary/aromatic N) is 6. The van der Waals surface area contributed by atoms with Crippen LogP contribution in [0.4, 0.5) is 0 Å². The molecule has 0 saturated heterocycles. The Morgan fingerprint density at radius 3 is 0.882 bits per heavy atom. The van der Waals surface area contributed by atoms with Crippen LogP contribution in [0.5, 0.6) is 0 Å². The second kappa shape index (κ2) is 6.02. The van der Waals surface area contributed by atoms with Crippen molar-refractivity contribution in [3.63, 3.8) is 0 Å². The lowest BCUT2D eigenvalue weighted by Crippen LogP contribution is -1.85. The van der Waals surface area contributed by atoms with Crippen LogP contribution in [-0.4, -0.2) is 9.97 Å². The minimum Gasteiger partial charge on any atom is -0.243 e. The van der Waals surface area contributed by atoms with Gasteiger partial charge in [0.15, 0.2) is 0 Å². The molecule has 0 amide bonds. The van der Waals surface area contributed by atoms with E-state index in [1.54, 1.807) is 24.3 Å². The summed E-state index contributed by atoms with van der Waals surface area (Å²) in [6.07, 6.45) is 0. The third kappa shape index (κ3) is 1.92. The standard InChI is InChI=1S/C28H8N6/c29-9-13-1-5-17-23-18(6-2-14(10-30)21(13)23)26-25(17)33-27-19-7-3-15(11-31)22-16(12-32)4-8-20(24(19)22)28(27)34-26/h1-8H. The summed E-state index contributed by atoms with van der Waals surface area (Å²) in [5.41, 5.74) is 4.57. The van der Waals surface area contributed by atoms with Crippen LogP contribution in [-0.2, 0) is 0 Å². The van der Waals surface area contributed by atoms with Gasteiger partial charge < -0.3 is 0 Å². The van der Waals surface area contributed by atoms with Gasteiger partial charge in [-0.1, -0.05) is 24.3 Å². The van der Waals surface area contributed by atoms with Crippen LogP contribution in [0.2, 0.25) is 0 Å². The second-order valence-corrected chi connectivity index (χ2v) is 8.21. The van der Waals surface area contributed by atoms with E-state index in [0.29, 0.717) is 55.1 Å². The molecule has 34 heavy (non-hydrogen) atoms. The van der Waals surface area contributed by atoms with Crippen molar-refractivity contribution in [3.05, 3.63) is 70.8 Å². The van der Waals surface area contributed by atoms with Crippen molar-refractivity contribution >= 4 is 65.2 Å². The Balaban J connectivity index is 1.76. The highest BCUT2D eigenvalue weighted by Crippen LogP contribution is 2.44. The molecule has 6 heteroatoms. The van der Waals surface area contributed by atoms with E-state index >= 15 is 0 Å². The summed E-state index contributed by atoms with van der Waals surface area (Å²) in [5.74, 6) is 0. The first-order valence-electron chi connectivity index (χ1n) is 10.4. The fourth-order valence-electron chi connectivity index (χ4n) is 5.34. The summed E-state index contributed by atoms with van der Waals surface area (Å²) in [4.78, 5) is 10.1. The van der Waals surface area contributed by atoms with Gasteiger partial charge in [0.1, 0.15) is 0 Å². The van der Waals surface area contributed by atoms with Gasteiger partial charge in [-0.2, -0.15) is 21.0 Å². The molecule has 1 heterocycles. The highest BCUT2D eigenvalue weighted by atomic mass is 14.8. The van der Waals surface area contributed by atoms with E-state index in [2.05, 4.69) is 24.3 Å². The Hall–Kier alpha value is -5.56. The summed E-state index contributed by atoms with van der Waals surface area (Å²) in [6, 6.07) is 23.2. The Morgan fingerprint density at radius 1 is 0.382 bits per heavy atom. The largest absolute Gasteiger partial charge is 0.243 e. The van der Waals surface area contributed by atoms with Crippen LogP contribution < -0.4 is 0 Å². The molecule has 0 fully saturated rings. The van der Waals surface area contributed by atoms with Crippen LogP contribution in [0.3, 0.4) is 0 Å². The zero-order valence-corrected chi connectivity index (χ0v) is 17.3. The molecule has 1 aromatic heterocycles. The third-order valence-electron chi connectivity index (χ3n) is 6.72. The van der Waals surface area contributed by atoms with Gasteiger partial charge in [0.2, 0.25) is 0 Å². The predicted octanol–water partition coefficient (Wildman–Crippen LogP) is 5.76. The van der Waals surface area contributed by atoms with Gasteiger partial charge in [-0.25, -0.2) is 9.97 Å². The zero-order valence-electron chi connectivity index (χ0n) is 17.3. The minimum atomic E-state index is 0.445. The average Bonchev–Trinajstić information content (AvgIpc) is 3.37. The minimum absolute atomic E-state index is 0.445. The fraction of sp³-hybridized carbons (Fsp3) is 0. The predicted molar refractivity (Wildman–Crippen MR) is 128 cm³/mol. The molecule has 0 bridgehead atoms. The summed E-state index contributed by atoms with van der Waals surface area (Å²) in [6.45, 7) is 0. The maximum atomic E-state index is 9.65. The van der Waals surface area contributed by atoms with Gasteiger partial charge in [-0.05, 0) is 24.3 Å². The Kier molecular flexibility index (Phi) is 3.20. The molecule has 7 aromatic rings. The molecular weight excluding hydrogens is 420 g/mol. The molecule has 6 aromatic carbocycles. The average molecular weight is 428 g/mol. The van der Waals surface area contributed by atoms with E-state index in [4.69, 9.17) is 9.97 Å². The van der Waals surface area contributed by atoms with Crippen molar-refractivity contribution in [3.8, 4) is 24.3 Å². The fourth-order valence-corrected chi connectivity index (χ4v) is 5.34. The summed E-state index contributed by atoms with van der Waals surface area (Å²) in [7, 11) is 0. The number of nitriles is 4. The number of hydrogen-bond acceptors (Lipinski definition) is 6. The van der Waals surface area contributed by atoms with E-state index < -0.39 is 0 Å². The molecule has 0 N–H and O–H groups in total. The van der Waals surface area contributed by atoms with Crippen molar-refractivity contribution in [2.75, 3.05) is 0 Å². The first-order valence-corrected chi connectivity index (χ1v) is 10.4. The number of benzene rings is 4. The van der Waals surface area contributed by atoms with E-state index in [-0.39, 0.29) is 0 Å². The van der Waals surface area contributed by atoms with Crippen LogP contribution in [0.1, 0.15) is 22.3 Å². The Morgan fingerprint density at radius 2 is 0.647 bits per heavy atom. The molecule has 0 aliphatic heterocycles. The van der Waals surface area contributed by atoms with Gasteiger partial charge in [-0.3, -0.25) is 0 Å². The normalized spacial score (nSPS) is 11.4. The highest BCUT2D eigenvalue weighted by molar-refractivity contribution is 6.34. The van der Waals surface area contributed by atoms with Gasteiger partial charge >= 0.3 is 0 Å². The summed E-state index contributed by atoms with van der Waals surface area (Å²) in [5, 5.41) is 44.9. The lowest BCUT2D eigenvalue weighted by atomic mass is 9.97. The number of aromatic nitrogens is 2. The van der Waals surface area contributed by atoms with Crippen molar-refractivity contribution in [1.82, 2.24) is 9.97 Å². The van der Waals surface area contributed by atoms with Gasteiger partial charge in [0.05, 0.1) is 68.6 Å². The molecule has 0 aliphatic rings. The molecule has 0 radical (unpaired) electrons. The van der Waals surface area contributed by atoms with Crippen molar-refractivity contribution in [2.45, 2.75) is 0 Å². The zero-order chi connectivity index (χ0) is 23.1. The highest BCUT2D eigenvalue weighted by Gasteiger charge is 2.23. The maximum absolute atomic E-state index is 9.65. The second-order valence-electron chi connectivity index (χ2n) is 8.21. The van der Waals surface area contributed by atoms with E-state index in [1.807, 2.05) is 24.3 Å².